The minimum absolute atomic E-state index is 0.139. The first kappa shape index (κ1) is 15.8. The second-order valence-electron chi connectivity index (χ2n) is 4.57. The average Bonchev–Trinajstić information content (AvgIpc) is 2.48. The first-order valence-electron chi connectivity index (χ1n) is 6.39. The summed E-state index contributed by atoms with van der Waals surface area (Å²) in [6.45, 7) is 1.48. The van der Waals surface area contributed by atoms with Crippen LogP contribution in [0.1, 0.15) is 5.56 Å². The molecule has 0 radical (unpaired) electrons. The predicted molar refractivity (Wildman–Crippen MR) is 83.4 cm³/mol. The summed E-state index contributed by atoms with van der Waals surface area (Å²) >= 11 is 5.74. The topological polar surface area (TPSA) is 81.5 Å². The number of amides is 1. The summed E-state index contributed by atoms with van der Waals surface area (Å²) in [5, 5.41) is 14.0. The number of carbonyl (C=O) groups excluding carboxylic acids is 1. The van der Waals surface area contributed by atoms with Gasteiger partial charge >= 0.3 is 0 Å². The van der Waals surface area contributed by atoms with E-state index >= 15 is 0 Å². The zero-order valence-electron chi connectivity index (χ0n) is 11.7. The molecule has 2 aromatic carbocycles. The number of hydrogen-bond acceptors (Lipinski definition) is 4. The lowest BCUT2D eigenvalue weighted by atomic mass is 10.2. The number of anilines is 1. The van der Waals surface area contributed by atoms with Gasteiger partial charge in [0.15, 0.2) is 6.61 Å². The highest BCUT2D eigenvalue weighted by Crippen LogP contribution is 2.25. The van der Waals surface area contributed by atoms with Crippen LogP contribution in [-0.4, -0.2) is 17.4 Å². The normalized spacial score (nSPS) is 10.1. The van der Waals surface area contributed by atoms with E-state index in [0.717, 1.165) is 5.56 Å². The van der Waals surface area contributed by atoms with E-state index in [9.17, 15) is 14.9 Å². The van der Waals surface area contributed by atoms with Crippen molar-refractivity contribution in [2.24, 2.45) is 0 Å². The van der Waals surface area contributed by atoms with Gasteiger partial charge < -0.3 is 10.1 Å². The van der Waals surface area contributed by atoms with E-state index in [1.165, 1.54) is 12.1 Å². The zero-order chi connectivity index (χ0) is 16.1. The van der Waals surface area contributed by atoms with Crippen LogP contribution in [0.25, 0.3) is 0 Å². The highest BCUT2D eigenvalue weighted by Gasteiger charge is 2.16. The molecule has 0 fully saturated rings. The molecule has 0 saturated carbocycles. The maximum absolute atomic E-state index is 11.8. The molecule has 0 spiro atoms. The Labute approximate surface area is 131 Å². The zero-order valence-corrected chi connectivity index (χ0v) is 12.5. The summed E-state index contributed by atoms with van der Waals surface area (Å²) in [5.74, 6) is -0.000131. The molecule has 1 N–H and O–H groups in total. The summed E-state index contributed by atoms with van der Waals surface area (Å²) in [6, 6.07) is 11.1. The minimum atomic E-state index is -0.539. The Morgan fingerprint density at radius 1 is 1.27 bits per heavy atom. The summed E-state index contributed by atoms with van der Waals surface area (Å²) in [6.07, 6.45) is 0. The average molecular weight is 321 g/mol. The van der Waals surface area contributed by atoms with Gasteiger partial charge in [0.05, 0.1) is 4.92 Å². The van der Waals surface area contributed by atoms with E-state index in [1.807, 2.05) is 0 Å². The standard InChI is InChI=1S/C15H13ClN2O4/c1-10-2-7-13(14(8-10)18(20)21)17-15(19)9-22-12-5-3-11(16)4-6-12/h2-8H,9H2,1H3,(H,17,19). The fraction of sp³-hybridized carbons (Fsp3) is 0.133. The summed E-state index contributed by atoms with van der Waals surface area (Å²) < 4.78 is 5.28. The number of carbonyl (C=O) groups is 1. The molecule has 0 aromatic heterocycles. The van der Waals surface area contributed by atoms with E-state index in [0.29, 0.717) is 10.8 Å². The Bertz CT molecular complexity index is 701. The van der Waals surface area contributed by atoms with Gasteiger partial charge in [0.1, 0.15) is 11.4 Å². The van der Waals surface area contributed by atoms with Gasteiger partial charge in [0, 0.05) is 11.1 Å². The SMILES string of the molecule is Cc1ccc(NC(=O)COc2ccc(Cl)cc2)c([N+](=O)[O-])c1. The van der Waals surface area contributed by atoms with Crippen LogP contribution in [0.2, 0.25) is 5.02 Å². The van der Waals surface area contributed by atoms with Crippen molar-refractivity contribution >= 4 is 28.9 Å². The number of nitro groups is 1. The van der Waals surface area contributed by atoms with Crippen LogP contribution < -0.4 is 10.1 Å². The van der Waals surface area contributed by atoms with Gasteiger partial charge in [-0.3, -0.25) is 14.9 Å². The molecule has 0 aliphatic carbocycles. The lowest BCUT2D eigenvalue weighted by Gasteiger charge is -2.08. The molecule has 0 aliphatic heterocycles. The van der Waals surface area contributed by atoms with Crippen molar-refractivity contribution in [1.29, 1.82) is 0 Å². The van der Waals surface area contributed by atoms with Gasteiger partial charge in [-0.25, -0.2) is 0 Å². The number of nitrogens with one attached hydrogen (secondary N) is 1. The van der Waals surface area contributed by atoms with Crippen molar-refractivity contribution in [2.75, 3.05) is 11.9 Å². The molecule has 7 heteroatoms. The molecule has 0 aliphatic rings. The molecule has 0 atom stereocenters. The van der Waals surface area contributed by atoms with E-state index in [4.69, 9.17) is 16.3 Å². The van der Waals surface area contributed by atoms with Crippen LogP contribution >= 0.6 is 11.6 Å². The van der Waals surface area contributed by atoms with Crippen molar-refractivity contribution in [3.05, 3.63) is 63.2 Å². The van der Waals surface area contributed by atoms with Crippen LogP contribution in [0.3, 0.4) is 0 Å². The molecule has 0 unspecified atom stereocenters. The lowest BCUT2D eigenvalue weighted by molar-refractivity contribution is -0.384. The van der Waals surface area contributed by atoms with E-state index < -0.39 is 10.8 Å². The quantitative estimate of drug-likeness (QED) is 0.674. The summed E-state index contributed by atoms with van der Waals surface area (Å²) in [4.78, 5) is 22.3. The van der Waals surface area contributed by atoms with Gasteiger partial charge in [0.2, 0.25) is 0 Å². The van der Waals surface area contributed by atoms with Crippen molar-refractivity contribution in [2.45, 2.75) is 6.92 Å². The van der Waals surface area contributed by atoms with E-state index in [1.54, 1.807) is 37.3 Å². The number of aryl methyl sites for hydroxylation is 1. The predicted octanol–water partition coefficient (Wildman–Crippen LogP) is 3.57. The van der Waals surface area contributed by atoms with Crippen LogP contribution in [-0.2, 0) is 4.79 Å². The Morgan fingerprint density at radius 3 is 2.59 bits per heavy atom. The molecule has 6 nitrogen and oxygen atoms in total. The molecule has 0 bridgehead atoms. The van der Waals surface area contributed by atoms with Gasteiger partial charge in [0.25, 0.3) is 11.6 Å². The van der Waals surface area contributed by atoms with Crippen molar-refractivity contribution in [3.63, 3.8) is 0 Å². The summed E-state index contributed by atoms with van der Waals surface area (Å²) in [5.41, 5.74) is 0.724. The van der Waals surface area contributed by atoms with Gasteiger partial charge in [-0.1, -0.05) is 17.7 Å². The van der Waals surface area contributed by atoms with Crippen LogP contribution in [0.5, 0.6) is 5.75 Å². The number of rotatable bonds is 5. The third-order valence-electron chi connectivity index (χ3n) is 2.81. The third kappa shape index (κ3) is 4.20. The van der Waals surface area contributed by atoms with Crippen molar-refractivity contribution in [1.82, 2.24) is 0 Å². The van der Waals surface area contributed by atoms with E-state index in [-0.39, 0.29) is 18.0 Å². The first-order valence-corrected chi connectivity index (χ1v) is 6.77. The van der Waals surface area contributed by atoms with Gasteiger partial charge in [-0.2, -0.15) is 0 Å². The highest BCUT2D eigenvalue weighted by atomic mass is 35.5. The van der Waals surface area contributed by atoms with Crippen molar-refractivity contribution in [3.8, 4) is 5.75 Å². The number of benzene rings is 2. The number of ether oxygens (including phenoxy) is 1. The second kappa shape index (κ2) is 6.91. The van der Waals surface area contributed by atoms with Crippen molar-refractivity contribution < 1.29 is 14.5 Å². The molecular weight excluding hydrogens is 308 g/mol. The molecule has 22 heavy (non-hydrogen) atoms. The smallest absolute Gasteiger partial charge is 0.293 e. The van der Waals surface area contributed by atoms with Crippen LogP contribution in [0.4, 0.5) is 11.4 Å². The monoisotopic (exact) mass is 320 g/mol. The first-order chi connectivity index (χ1) is 10.5. The molecule has 2 aromatic rings. The fourth-order valence-corrected chi connectivity index (χ4v) is 1.89. The molecular formula is C15H13ClN2O4. The number of nitro benzene ring substituents is 1. The molecule has 114 valence electrons. The highest BCUT2D eigenvalue weighted by molar-refractivity contribution is 6.30. The number of halogens is 1. The number of hydrogen-bond donors (Lipinski definition) is 1. The van der Waals surface area contributed by atoms with Gasteiger partial charge in [-0.05, 0) is 42.8 Å². The number of nitrogens with zero attached hydrogens (tertiary/aromatic N) is 1. The van der Waals surface area contributed by atoms with Crippen LogP contribution in [0.15, 0.2) is 42.5 Å². The Morgan fingerprint density at radius 2 is 1.95 bits per heavy atom. The Kier molecular flexibility index (Phi) is 4.95. The maximum atomic E-state index is 11.8. The van der Waals surface area contributed by atoms with Gasteiger partial charge in [-0.15, -0.1) is 0 Å². The Hall–Kier alpha value is -2.60. The molecule has 0 heterocycles. The summed E-state index contributed by atoms with van der Waals surface area (Å²) in [7, 11) is 0. The fourth-order valence-electron chi connectivity index (χ4n) is 1.76. The van der Waals surface area contributed by atoms with E-state index in [2.05, 4.69) is 5.32 Å². The van der Waals surface area contributed by atoms with Crippen LogP contribution in [0, 0.1) is 17.0 Å². The maximum Gasteiger partial charge on any atom is 0.293 e. The Balaban J connectivity index is 2.00. The largest absolute Gasteiger partial charge is 0.484 e. The molecule has 0 saturated heterocycles. The molecule has 2 rings (SSSR count). The molecule has 1 amide bonds. The minimum Gasteiger partial charge on any atom is -0.484 e. The third-order valence-corrected chi connectivity index (χ3v) is 3.06. The second-order valence-corrected chi connectivity index (χ2v) is 5.00. The lowest BCUT2D eigenvalue weighted by Crippen LogP contribution is -2.20.